The van der Waals surface area contributed by atoms with E-state index in [4.69, 9.17) is 14.2 Å². The number of rotatable bonds is 44. The number of allylic oxidation sites excluding steroid dienone is 28. The van der Waals surface area contributed by atoms with Crippen LogP contribution in [0.2, 0.25) is 0 Å². The molecule has 0 heterocycles. The summed E-state index contributed by atoms with van der Waals surface area (Å²) in [6.45, 7) is 6.20. The lowest BCUT2D eigenvalue weighted by Crippen LogP contribution is -2.30. The van der Waals surface area contributed by atoms with Crippen LogP contribution in [-0.4, -0.2) is 37.2 Å². The number of carbonyl (C=O) groups is 3. The Morgan fingerprint density at radius 1 is 0.324 bits per heavy atom. The van der Waals surface area contributed by atoms with Crippen LogP contribution in [0.1, 0.15) is 181 Å². The molecule has 0 radical (unpaired) electrons. The largest absolute Gasteiger partial charge is 0.462 e. The van der Waals surface area contributed by atoms with Gasteiger partial charge in [-0.3, -0.25) is 14.4 Å². The minimum Gasteiger partial charge on any atom is -0.462 e. The SMILES string of the molecule is CC\C=C/C=C\C=C/C=C\C=C/CCCCCC(=O)OCC(COC(=O)CCCCCCC\C=C/C=C\C=C/C=C\CCCCC)OC(=O)CCC/C=C\C/C=C\C/C=C\C/C=C\C/C=C\CC. The van der Waals surface area contributed by atoms with Crippen LogP contribution in [0.3, 0.4) is 0 Å². The quantitative estimate of drug-likeness (QED) is 0.0199. The molecule has 0 spiro atoms. The van der Waals surface area contributed by atoms with Crippen molar-refractivity contribution < 1.29 is 28.6 Å². The van der Waals surface area contributed by atoms with Crippen molar-refractivity contribution in [2.24, 2.45) is 0 Å². The standard InChI is InChI=1S/C62H92O6/c1-4-7-10-13-16-19-22-25-28-30-32-34-37-40-43-46-49-52-55-61(64)67-58-59(57-66-60(63)54-51-48-45-42-39-36-33-27-24-21-18-15-12-9-6-3)68-62(65)56-53-50-47-44-41-38-35-31-29-26-23-20-17-14-11-8-5-2/h8-9,11-12,15-22,24-30,32-36,38-39,44,47,59H,4-7,10,13-14,23,31,37,40-43,45-46,48-58H2,1-3H3/b11-8-,12-9-,18-15-,19-16-,20-17-,24-21-,25-22-,29-26-,30-28-,33-27-,34-32-,38-35-,39-36-,47-44-. The second-order valence-corrected chi connectivity index (χ2v) is 16.5. The Morgan fingerprint density at radius 3 is 1.12 bits per heavy atom. The van der Waals surface area contributed by atoms with Crippen LogP contribution in [0, 0.1) is 0 Å². The minimum absolute atomic E-state index is 0.136. The van der Waals surface area contributed by atoms with Gasteiger partial charge in [0.25, 0.3) is 0 Å². The van der Waals surface area contributed by atoms with Gasteiger partial charge in [0.15, 0.2) is 6.10 Å². The van der Waals surface area contributed by atoms with E-state index in [0.29, 0.717) is 19.3 Å². The highest BCUT2D eigenvalue weighted by Crippen LogP contribution is 2.11. The maximum atomic E-state index is 12.8. The van der Waals surface area contributed by atoms with Crippen molar-refractivity contribution in [3.8, 4) is 0 Å². The van der Waals surface area contributed by atoms with E-state index >= 15 is 0 Å². The molecule has 0 aliphatic carbocycles. The van der Waals surface area contributed by atoms with E-state index in [-0.39, 0.29) is 38.0 Å². The molecule has 1 atom stereocenters. The fraction of sp³-hybridized carbons (Fsp3) is 0.500. The summed E-state index contributed by atoms with van der Waals surface area (Å²) in [5, 5.41) is 0. The zero-order valence-corrected chi connectivity index (χ0v) is 42.8. The lowest BCUT2D eigenvalue weighted by molar-refractivity contribution is -0.167. The van der Waals surface area contributed by atoms with E-state index in [2.05, 4.69) is 142 Å². The van der Waals surface area contributed by atoms with Gasteiger partial charge in [0.05, 0.1) is 0 Å². The van der Waals surface area contributed by atoms with E-state index in [1.54, 1.807) is 0 Å². The van der Waals surface area contributed by atoms with Crippen LogP contribution < -0.4 is 0 Å². The third-order valence-electron chi connectivity index (χ3n) is 10.2. The van der Waals surface area contributed by atoms with Crippen LogP contribution >= 0.6 is 0 Å². The molecule has 68 heavy (non-hydrogen) atoms. The molecule has 1 unspecified atom stereocenters. The fourth-order valence-electron chi connectivity index (χ4n) is 6.27. The molecule has 0 aromatic rings. The monoisotopic (exact) mass is 933 g/mol. The molecule has 0 bridgehead atoms. The first-order valence-corrected chi connectivity index (χ1v) is 26.3. The van der Waals surface area contributed by atoms with Gasteiger partial charge in [-0.2, -0.15) is 0 Å². The predicted octanol–water partition coefficient (Wildman–Crippen LogP) is 17.6. The van der Waals surface area contributed by atoms with Gasteiger partial charge in [0.2, 0.25) is 0 Å². The smallest absolute Gasteiger partial charge is 0.306 e. The van der Waals surface area contributed by atoms with Gasteiger partial charge in [0.1, 0.15) is 13.2 Å². The molecule has 0 aromatic heterocycles. The van der Waals surface area contributed by atoms with Crippen molar-refractivity contribution in [1.82, 2.24) is 0 Å². The Morgan fingerprint density at radius 2 is 0.662 bits per heavy atom. The molecule has 0 aliphatic heterocycles. The normalized spacial score (nSPS) is 13.5. The molecular formula is C62H92O6. The third kappa shape index (κ3) is 51.7. The van der Waals surface area contributed by atoms with Gasteiger partial charge in [-0.15, -0.1) is 0 Å². The maximum Gasteiger partial charge on any atom is 0.306 e. The number of esters is 3. The summed E-state index contributed by atoms with van der Waals surface area (Å²) in [7, 11) is 0. The molecule has 0 aliphatic rings. The van der Waals surface area contributed by atoms with Crippen LogP contribution in [0.4, 0.5) is 0 Å². The Labute approximate surface area is 415 Å². The minimum atomic E-state index is -0.845. The number of unbranched alkanes of at least 4 members (excludes halogenated alkanes) is 12. The van der Waals surface area contributed by atoms with Crippen molar-refractivity contribution in [2.45, 2.75) is 187 Å². The lowest BCUT2D eigenvalue weighted by Gasteiger charge is -2.18. The maximum absolute atomic E-state index is 12.8. The van der Waals surface area contributed by atoms with Gasteiger partial charge in [-0.05, 0) is 103 Å². The topological polar surface area (TPSA) is 78.9 Å². The molecule has 6 nitrogen and oxygen atoms in total. The summed E-state index contributed by atoms with van der Waals surface area (Å²) in [4.78, 5) is 38.0. The Balaban J connectivity index is 4.65. The first-order valence-electron chi connectivity index (χ1n) is 26.3. The molecule has 0 fully saturated rings. The number of hydrogen-bond donors (Lipinski definition) is 0. The van der Waals surface area contributed by atoms with E-state index in [0.717, 1.165) is 109 Å². The van der Waals surface area contributed by atoms with Crippen LogP contribution in [0.5, 0.6) is 0 Å². The van der Waals surface area contributed by atoms with Crippen LogP contribution in [0.15, 0.2) is 170 Å². The predicted molar refractivity (Wildman–Crippen MR) is 292 cm³/mol. The highest BCUT2D eigenvalue weighted by atomic mass is 16.6. The number of carbonyl (C=O) groups excluding carboxylic acids is 3. The van der Waals surface area contributed by atoms with Crippen molar-refractivity contribution in [1.29, 1.82) is 0 Å². The molecule has 0 amide bonds. The second kappa shape index (κ2) is 54.4. The van der Waals surface area contributed by atoms with Crippen molar-refractivity contribution in [3.05, 3.63) is 170 Å². The van der Waals surface area contributed by atoms with Crippen molar-refractivity contribution >= 4 is 17.9 Å². The average molecular weight is 933 g/mol. The summed E-state index contributed by atoms with van der Waals surface area (Å²) in [5.74, 6) is -1.07. The lowest BCUT2D eigenvalue weighted by atomic mass is 10.1. The molecule has 0 rings (SSSR count). The molecule has 0 N–H and O–H groups in total. The number of hydrogen-bond acceptors (Lipinski definition) is 6. The second-order valence-electron chi connectivity index (χ2n) is 16.5. The van der Waals surface area contributed by atoms with Gasteiger partial charge in [0, 0.05) is 19.3 Å². The fourth-order valence-corrected chi connectivity index (χ4v) is 6.27. The van der Waals surface area contributed by atoms with Gasteiger partial charge < -0.3 is 14.2 Å². The van der Waals surface area contributed by atoms with E-state index < -0.39 is 12.1 Å². The van der Waals surface area contributed by atoms with Gasteiger partial charge in [-0.25, -0.2) is 0 Å². The highest BCUT2D eigenvalue weighted by Gasteiger charge is 2.19. The van der Waals surface area contributed by atoms with Gasteiger partial charge >= 0.3 is 17.9 Å². The Bertz CT molecular complexity index is 1640. The summed E-state index contributed by atoms with van der Waals surface area (Å²) >= 11 is 0. The average Bonchev–Trinajstić information content (AvgIpc) is 3.34. The number of ether oxygens (including phenoxy) is 3. The van der Waals surface area contributed by atoms with Crippen molar-refractivity contribution in [2.75, 3.05) is 13.2 Å². The third-order valence-corrected chi connectivity index (χ3v) is 10.2. The molecular weight excluding hydrogens is 841 g/mol. The zero-order chi connectivity index (χ0) is 49.3. The molecule has 0 saturated heterocycles. The Kier molecular flexibility index (Phi) is 50.2. The van der Waals surface area contributed by atoms with Crippen LogP contribution in [-0.2, 0) is 28.6 Å². The van der Waals surface area contributed by atoms with E-state index in [9.17, 15) is 14.4 Å². The first kappa shape index (κ1) is 62.8. The molecule has 6 heteroatoms. The summed E-state index contributed by atoms with van der Waals surface area (Å²) in [6, 6.07) is 0. The molecule has 0 saturated carbocycles. The molecule has 376 valence electrons. The summed E-state index contributed by atoms with van der Waals surface area (Å²) in [5.41, 5.74) is 0. The highest BCUT2D eigenvalue weighted by molar-refractivity contribution is 5.71. The summed E-state index contributed by atoms with van der Waals surface area (Å²) < 4.78 is 16.7. The Hall–Kier alpha value is -5.23. The molecule has 0 aromatic carbocycles. The zero-order valence-electron chi connectivity index (χ0n) is 42.8. The first-order chi connectivity index (χ1) is 33.5. The van der Waals surface area contributed by atoms with Crippen LogP contribution in [0.25, 0.3) is 0 Å². The van der Waals surface area contributed by atoms with Crippen molar-refractivity contribution in [3.63, 3.8) is 0 Å². The van der Waals surface area contributed by atoms with E-state index in [1.807, 2.05) is 48.6 Å². The van der Waals surface area contributed by atoms with Gasteiger partial charge in [-0.1, -0.05) is 229 Å². The van der Waals surface area contributed by atoms with E-state index in [1.165, 1.54) is 19.3 Å². The summed E-state index contributed by atoms with van der Waals surface area (Å²) in [6.07, 6.45) is 80.5.